The van der Waals surface area contributed by atoms with E-state index in [-0.39, 0.29) is 18.0 Å². The van der Waals surface area contributed by atoms with Crippen LogP contribution < -0.4 is 4.74 Å². The highest BCUT2D eigenvalue weighted by Crippen LogP contribution is 2.22. The minimum Gasteiger partial charge on any atom is -0.494 e. The van der Waals surface area contributed by atoms with Crippen molar-refractivity contribution in [2.45, 2.75) is 18.7 Å². The molecule has 4 nitrogen and oxygen atoms in total. The van der Waals surface area contributed by atoms with E-state index in [1.807, 2.05) is 6.92 Å². The van der Waals surface area contributed by atoms with Crippen LogP contribution in [0, 0.1) is 42.9 Å². The van der Waals surface area contributed by atoms with Gasteiger partial charge in [0.05, 0.1) is 36.2 Å². The van der Waals surface area contributed by atoms with Crippen LogP contribution in [0.2, 0.25) is 0 Å². The Labute approximate surface area is 167 Å². The largest absolute Gasteiger partial charge is 0.494 e. The van der Waals surface area contributed by atoms with Crippen molar-refractivity contribution >= 4 is 10.0 Å². The third kappa shape index (κ3) is 4.96. The van der Waals surface area contributed by atoms with Gasteiger partial charge in [-0.05, 0) is 38.1 Å². The van der Waals surface area contributed by atoms with Crippen molar-refractivity contribution in [3.8, 4) is 41.8 Å². The molecule has 5 heteroatoms. The number of terminal acetylenes is 1. The smallest absolute Gasteiger partial charge is 0.244 e. The first-order valence-corrected chi connectivity index (χ1v) is 9.97. The summed E-state index contributed by atoms with van der Waals surface area (Å²) in [5.41, 5.74) is 2.18. The van der Waals surface area contributed by atoms with Gasteiger partial charge in [-0.1, -0.05) is 47.4 Å². The standard InChI is InChI=1S/C23H21NO3S/c1-5-7-17-24(28(25,26)22-15-13-19(3)14-16-22)18-9-12-21-11-8-10-20(6-2)23(21)27-4/h2,8,10-11,13-16H,17-18H2,1,3-4H3. The van der Waals surface area contributed by atoms with Gasteiger partial charge in [-0.3, -0.25) is 0 Å². The molecule has 0 amide bonds. The number of aryl methyl sites for hydroxylation is 1. The SMILES string of the molecule is C#Cc1cccc(C#CCN(CC#CC)S(=O)(=O)c2ccc(C)cc2)c1OC. The highest BCUT2D eigenvalue weighted by molar-refractivity contribution is 7.89. The highest BCUT2D eigenvalue weighted by atomic mass is 32.2. The lowest BCUT2D eigenvalue weighted by molar-refractivity contribution is 0.412. The topological polar surface area (TPSA) is 46.6 Å². The van der Waals surface area contributed by atoms with E-state index in [9.17, 15) is 8.42 Å². The van der Waals surface area contributed by atoms with Gasteiger partial charge in [0, 0.05) is 0 Å². The van der Waals surface area contributed by atoms with Crippen molar-refractivity contribution < 1.29 is 13.2 Å². The van der Waals surface area contributed by atoms with E-state index in [2.05, 4.69) is 29.6 Å². The molecule has 0 radical (unpaired) electrons. The van der Waals surface area contributed by atoms with Gasteiger partial charge in [0.25, 0.3) is 0 Å². The minimum atomic E-state index is -3.71. The van der Waals surface area contributed by atoms with Gasteiger partial charge in [0.15, 0.2) is 0 Å². The molecule has 0 atom stereocenters. The summed E-state index contributed by atoms with van der Waals surface area (Å²) in [4.78, 5) is 0.213. The van der Waals surface area contributed by atoms with Crippen LogP contribution in [0.3, 0.4) is 0 Å². The second-order valence-corrected chi connectivity index (χ2v) is 7.78. The number of ether oxygens (including phenoxy) is 1. The molecular formula is C23H21NO3S. The van der Waals surface area contributed by atoms with Crippen LogP contribution in [0.25, 0.3) is 0 Å². The summed E-state index contributed by atoms with van der Waals surface area (Å²) in [5, 5.41) is 0. The third-order valence-electron chi connectivity index (χ3n) is 3.94. The first-order chi connectivity index (χ1) is 13.4. The number of benzene rings is 2. The van der Waals surface area contributed by atoms with Gasteiger partial charge in [0.2, 0.25) is 10.0 Å². The molecule has 28 heavy (non-hydrogen) atoms. The minimum absolute atomic E-state index is 0.00563. The van der Waals surface area contributed by atoms with Crippen molar-refractivity contribution in [3.63, 3.8) is 0 Å². The average molecular weight is 391 g/mol. The number of para-hydroxylation sites is 1. The molecule has 0 N–H and O–H groups in total. The van der Waals surface area contributed by atoms with Crippen LogP contribution in [-0.4, -0.2) is 32.9 Å². The van der Waals surface area contributed by atoms with Gasteiger partial charge in [-0.25, -0.2) is 8.42 Å². The van der Waals surface area contributed by atoms with E-state index >= 15 is 0 Å². The van der Waals surface area contributed by atoms with Crippen LogP contribution in [0.1, 0.15) is 23.6 Å². The highest BCUT2D eigenvalue weighted by Gasteiger charge is 2.22. The van der Waals surface area contributed by atoms with Crippen LogP contribution >= 0.6 is 0 Å². The molecule has 0 bridgehead atoms. The van der Waals surface area contributed by atoms with E-state index in [1.54, 1.807) is 49.4 Å². The number of methoxy groups -OCH3 is 1. The van der Waals surface area contributed by atoms with E-state index in [0.29, 0.717) is 16.9 Å². The van der Waals surface area contributed by atoms with Gasteiger partial charge >= 0.3 is 0 Å². The Kier molecular flexibility index (Phi) is 7.30. The summed E-state index contributed by atoms with van der Waals surface area (Å²) >= 11 is 0. The zero-order valence-corrected chi connectivity index (χ0v) is 16.9. The summed E-state index contributed by atoms with van der Waals surface area (Å²) < 4.78 is 32.5. The molecule has 0 spiro atoms. The maximum Gasteiger partial charge on any atom is 0.244 e. The fourth-order valence-corrected chi connectivity index (χ4v) is 3.69. The van der Waals surface area contributed by atoms with Gasteiger partial charge in [-0.15, -0.1) is 12.3 Å². The molecule has 0 aliphatic carbocycles. The fourth-order valence-electron chi connectivity index (χ4n) is 2.44. The molecule has 2 aromatic carbocycles. The molecule has 0 heterocycles. The first kappa shape index (κ1) is 21.1. The Morgan fingerprint density at radius 2 is 1.68 bits per heavy atom. The molecule has 0 saturated heterocycles. The summed E-state index contributed by atoms with van der Waals surface area (Å²) in [5.74, 6) is 14.4. The Hall–Kier alpha value is -3.17. The maximum atomic E-state index is 13.0. The second-order valence-electron chi connectivity index (χ2n) is 5.85. The molecule has 0 unspecified atom stereocenters. The van der Waals surface area contributed by atoms with Crippen LogP contribution in [-0.2, 0) is 10.0 Å². The molecule has 0 fully saturated rings. The Morgan fingerprint density at radius 3 is 2.29 bits per heavy atom. The van der Waals surface area contributed by atoms with Crippen molar-refractivity contribution in [2.75, 3.05) is 20.2 Å². The van der Waals surface area contributed by atoms with E-state index in [1.165, 1.54) is 11.4 Å². The Bertz CT molecular complexity index is 1100. The summed E-state index contributed by atoms with van der Waals surface area (Å²) in [6.07, 6.45) is 5.48. The molecule has 0 aromatic heterocycles. The lowest BCUT2D eigenvalue weighted by Crippen LogP contribution is -2.32. The number of sulfonamides is 1. The Morgan fingerprint density at radius 1 is 1.04 bits per heavy atom. The summed E-state index contributed by atoms with van der Waals surface area (Å²) in [6.45, 7) is 3.62. The molecule has 0 saturated carbocycles. The van der Waals surface area contributed by atoms with Crippen LogP contribution in [0.4, 0.5) is 0 Å². The van der Waals surface area contributed by atoms with Crippen molar-refractivity contribution in [2.24, 2.45) is 0 Å². The zero-order valence-electron chi connectivity index (χ0n) is 16.1. The zero-order chi connectivity index (χ0) is 20.6. The first-order valence-electron chi connectivity index (χ1n) is 8.53. The van der Waals surface area contributed by atoms with E-state index in [0.717, 1.165) is 5.56 Å². The Balaban J connectivity index is 2.35. The number of nitrogens with zero attached hydrogens (tertiary/aromatic N) is 1. The summed E-state index contributed by atoms with van der Waals surface area (Å²) in [7, 11) is -2.19. The maximum absolute atomic E-state index is 13.0. The van der Waals surface area contributed by atoms with Gasteiger partial charge in [-0.2, -0.15) is 4.31 Å². The molecule has 142 valence electrons. The lowest BCUT2D eigenvalue weighted by Gasteiger charge is -2.17. The normalized spacial score (nSPS) is 10.2. The fraction of sp³-hybridized carbons (Fsp3) is 0.217. The van der Waals surface area contributed by atoms with Crippen LogP contribution in [0.15, 0.2) is 47.4 Å². The predicted molar refractivity (Wildman–Crippen MR) is 111 cm³/mol. The number of rotatable bonds is 5. The lowest BCUT2D eigenvalue weighted by atomic mass is 10.1. The van der Waals surface area contributed by atoms with Crippen molar-refractivity contribution in [1.29, 1.82) is 0 Å². The van der Waals surface area contributed by atoms with Gasteiger partial charge in [0.1, 0.15) is 5.75 Å². The third-order valence-corrected chi connectivity index (χ3v) is 5.75. The van der Waals surface area contributed by atoms with Crippen LogP contribution in [0.5, 0.6) is 5.75 Å². The molecule has 0 aliphatic rings. The number of hydrogen-bond acceptors (Lipinski definition) is 3. The molecule has 2 rings (SSSR count). The molecule has 0 aliphatic heterocycles. The monoisotopic (exact) mass is 391 g/mol. The second kappa shape index (κ2) is 9.67. The van der Waals surface area contributed by atoms with E-state index < -0.39 is 10.0 Å². The molecular weight excluding hydrogens is 370 g/mol. The van der Waals surface area contributed by atoms with E-state index in [4.69, 9.17) is 11.2 Å². The van der Waals surface area contributed by atoms with Crippen molar-refractivity contribution in [3.05, 3.63) is 59.2 Å². The number of hydrogen-bond donors (Lipinski definition) is 0. The van der Waals surface area contributed by atoms with Gasteiger partial charge < -0.3 is 4.74 Å². The summed E-state index contributed by atoms with van der Waals surface area (Å²) in [6, 6.07) is 12.0. The average Bonchev–Trinajstić information content (AvgIpc) is 2.70. The van der Waals surface area contributed by atoms with Crippen molar-refractivity contribution in [1.82, 2.24) is 4.31 Å². The molecule has 2 aromatic rings. The predicted octanol–water partition coefficient (Wildman–Crippen LogP) is 3.05. The quantitative estimate of drug-likeness (QED) is 0.736.